The molecule has 0 spiro atoms. The number of nitrogens with two attached hydrogens (primary N) is 1. The lowest BCUT2D eigenvalue weighted by Crippen LogP contribution is -2.45. The van der Waals surface area contributed by atoms with Crippen LogP contribution in [0.2, 0.25) is 0 Å². The lowest BCUT2D eigenvalue weighted by Gasteiger charge is -2.23. The van der Waals surface area contributed by atoms with Crippen molar-refractivity contribution in [2.45, 2.75) is 16.9 Å². The van der Waals surface area contributed by atoms with E-state index in [1.807, 2.05) is 58.9 Å². The Morgan fingerprint density at radius 1 is 1.41 bits per heavy atom. The second-order valence-corrected chi connectivity index (χ2v) is 8.98. The molecule has 1 unspecified atom stereocenters. The molecule has 2 N–H and O–H groups in total. The normalized spacial score (nSPS) is 18.7. The van der Waals surface area contributed by atoms with E-state index < -0.39 is 0 Å². The maximum absolute atomic E-state index is 9.75. The van der Waals surface area contributed by atoms with Crippen LogP contribution in [0, 0.1) is 11.3 Å². The first-order chi connectivity index (χ1) is 14.1. The Balaban J connectivity index is 1.80. The number of rotatable bonds is 6. The first-order valence-electron chi connectivity index (χ1n) is 9.21. The Morgan fingerprint density at radius 3 is 2.97 bits per heavy atom. The zero-order valence-electron chi connectivity index (χ0n) is 16.3. The highest BCUT2D eigenvalue weighted by molar-refractivity contribution is 7.99. The van der Waals surface area contributed by atoms with Gasteiger partial charge in [-0.15, -0.1) is 11.8 Å². The summed E-state index contributed by atoms with van der Waals surface area (Å²) in [6.07, 6.45) is 4.68. The third-order valence-corrected chi connectivity index (χ3v) is 7.08. The molecule has 1 fully saturated rings. The summed E-state index contributed by atoms with van der Waals surface area (Å²) in [4.78, 5) is 5.36. The van der Waals surface area contributed by atoms with Gasteiger partial charge in [-0.05, 0) is 42.7 Å². The average Bonchev–Trinajstić information content (AvgIpc) is 3.38. The van der Waals surface area contributed by atoms with Crippen LogP contribution in [0.5, 0.6) is 11.6 Å². The molecule has 0 radical (unpaired) electrons. The third-order valence-electron chi connectivity index (χ3n) is 5.05. The van der Waals surface area contributed by atoms with Crippen LogP contribution >= 0.6 is 23.5 Å². The molecular formula is C21H22N4O2S2. The quantitative estimate of drug-likeness (QED) is 0.600. The number of fused-ring (bicyclic) bond motifs is 1. The molecule has 1 saturated heterocycles. The van der Waals surface area contributed by atoms with E-state index in [2.05, 4.69) is 11.1 Å². The van der Waals surface area contributed by atoms with Gasteiger partial charge in [-0.1, -0.05) is 6.07 Å². The van der Waals surface area contributed by atoms with Crippen molar-refractivity contribution in [3.05, 3.63) is 42.1 Å². The van der Waals surface area contributed by atoms with E-state index in [0.29, 0.717) is 23.8 Å². The zero-order chi connectivity index (χ0) is 20.4. The second-order valence-electron chi connectivity index (χ2n) is 7.02. The maximum atomic E-state index is 9.75. The number of methoxy groups -OCH3 is 1. The number of thioether (sulfide) groups is 2. The minimum absolute atomic E-state index is 0.348. The molecule has 1 atom stereocenters. The van der Waals surface area contributed by atoms with Crippen LogP contribution in [0.1, 0.15) is 12.0 Å². The van der Waals surface area contributed by atoms with Crippen molar-refractivity contribution in [1.82, 2.24) is 9.38 Å². The molecule has 0 bridgehead atoms. The van der Waals surface area contributed by atoms with Gasteiger partial charge in [0.1, 0.15) is 29.6 Å². The van der Waals surface area contributed by atoms with Crippen LogP contribution in [-0.4, -0.2) is 46.4 Å². The van der Waals surface area contributed by atoms with Gasteiger partial charge in [-0.2, -0.15) is 17.0 Å². The number of nitriles is 1. The smallest absolute Gasteiger partial charge is 0.199 e. The van der Waals surface area contributed by atoms with Crippen molar-refractivity contribution in [2.24, 2.45) is 5.73 Å². The summed E-state index contributed by atoms with van der Waals surface area (Å²) in [5.41, 5.74) is 9.22. The fourth-order valence-corrected chi connectivity index (χ4v) is 5.38. The van der Waals surface area contributed by atoms with Crippen LogP contribution in [0.15, 0.2) is 41.4 Å². The molecule has 2 aromatic heterocycles. The molecule has 0 aliphatic carbocycles. The van der Waals surface area contributed by atoms with Gasteiger partial charge < -0.3 is 15.2 Å². The van der Waals surface area contributed by atoms with Crippen molar-refractivity contribution >= 4 is 29.2 Å². The van der Waals surface area contributed by atoms with E-state index in [1.165, 1.54) is 11.8 Å². The highest BCUT2D eigenvalue weighted by Gasteiger charge is 2.31. The van der Waals surface area contributed by atoms with Crippen LogP contribution in [0.25, 0.3) is 16.9 Å². The first-order valence-corrected chi connectivity index (χ1v) is 11.6. The predicted molar refractivity (Wildman–Crippen MR) is 118 cm³/mol. The largest absolute Gasteiger partial charge is 0.490 e. The van der Waals surface area contributed by atoms with Crippen LogP contribution in [0.3, 0.4) is 0 Å². The molecule has 29 heavy (non-hydrogen) atoms. The highest BCUT2D eigenvalue weighted by atomic mass is 32.2. The first kappa shape index (κ1) is 20.0. The summed E-state index contributed by atoms with van der Waals surface area (Å²) in [6, 6.07) is 11.9. The van der Waals surface area contributed by atoms with E-state index in [9.17, 15) is 5.26 Å². The Labute approximate surface area is 178 Å². The summed E-state index contributed by atoms with van der Waals surface area (Å²) < 4.78 is 13.6. The third kappa shape index (κ3) is 3.78. The van der Waals surface area contributed by atoms with Gasteiger partial charge in [0, 0.05) is 16.2 Å². The molecular weight excluding hydrogens is 404 g/mol. The van der Waals surface area contributed by atoms with Crippen LogP contribution < -0.4 is 15.2 Å². The molecule has 3 heterocycles. The van der Waals surface area contributed by atoms with Gasteiger partial charge in [0.05, 0.1) is 24.5 Å². The minimum Gasteiger partial charge on any atom is -0.490 e. The maximum Gasteiger partial charge on any atom is 0.199 e. The molecule has 6 nitrogen and oxygen atoms in total. The van der Waals surface area contributed by atoms with E-state index in [1.54, 1.807) is 7.11 Å². The Hall–Kier alpha value is -2.34. The number of pyridine rings is 1. The number of hydrogen-bond donors (Lipinski definition) is 1. The predicted octanol–water partition coefficient (Wildman–Crippen LogP) is 3.82. The standard InChI is InChI=1S/C21H22N4O2S2/c1-26-20-5-3-4-19-24-11-16(25(19)20)14-8-17(15(10-22)18(9-14)28-2)27-12-21(23)6-7-29-13-21/h3-5,8-9,11H,6-7,12-13,23H2,1-2H3. The van der Waals surface area contributed by atoms with Crippen molar-refractivity contribution < 1.29 is 9.47 Å². The average molecular weight is 427 g/mol. The van der Waals surface area contributed by atoms with Crippen molar-refractivity contribution in [2.75, 3.05) is 31.5 Å². The van der Waals surface area contributed by atoms with Crippen LogP contribution in [-0.2, 0) is 0 Å². The summed E-state index contributed by atoms with van der Waals surface area (Å²) in [6.45, 7) is 0.391. The number of benzene rings is 1. The van der Waals surface area contributed by atoms with Crippen LogP contribution in [0.4, 0.5) is 0 Å². The minimum atomic E-state index is -0.348. The number of aromatic nitrogens is 2. The number of imidazole rings is 1. The molecule has 1 aliphatic heterocycles. The molecule has 3 aromatic rings. The Bertz CT molecular complexity index is 1080. The lowest BCUT2D eigenvalue weighted by atomic mass is 10.0. The summed E-state index contributed by atoms with van der Waals surface area (Å²) in [5, 5.41) is 9.75. The fraction of sp³-hybridized carbons (Fsp3) is 0.333. The number of ether oxygens (including phenoxy) is 2. The number of hydrogen-bond acceptors (Lipinski definition) is 7. The zero-order valence-corrected chi connectivity index (χ0v) is 18.0. The van der Waals surface area contributed by atoms with Gasteiger partial charge in [-0.25, -0.2) is 4.98 Å². The summed E-state index contributed by atoms with van der Waals surface area (Å²) in [7, 11) is 1.64. The summed E-state index contributed by atoms with van der Waals surface area (Å²) >= 11 is 3.36. The molecule has 0 saturated carbocycles. The van der Waals surface area contributed by atoms with E-state index in [0.717, 1.165) is 39.7 Å². The van der Waals surface area contributed by atoms with Crippen molar-refractivity contribution in [3.8, 4) is 29.0 Å². The van der Waals surface area contributed by atoms with Crippen molar-refractivity contribution in [1.29, 1.82) is 5.26 Å². The Kier molecular flexibility index (Phi) is 5.63. The second kappa shape index (κ2) is 8.19. The monoisotopic (exact) mass is 426 g/mol. The molecule has 8 heteroatoms. The van der Waals surface area contributed by atoms with Crippen molar-refractivity contribution in [3.63, 3.8) is 0 Å². The fourth-order valence-electron chi connectivity index (χ4n) is 3.45. The SMILES string of the molecule is COc1cccc2ncc(-c3cc(OCC4(N)CCSC4)c(C#N)c(SC)c3)n12. The molecule has 4 rings (SSSR count). The van der Waals surface area contributed by atoms with Gasteiger partial charge in [-0.3, -0.25) is 4.40 Å². The topological polar surface area (TPSA) is 85.6 Å². The van der Waals surface area contributed by atoms with Gasteiger partial charge in [0.15, 0.2) is 5.88 Å². The van der Waals surface area contributed by atoms with E-state index in [-0.39, 0.29) is 5.54 Å². The lowest BCUT2D eigenvalue weighted by molar-refractivity contribution is 0.233. The van der Waals surface area contributed by atoms with Gasteiger partial charge in [0.2, 0.25) is 0 Å². The van der Waals surface area contributed by atoms with E-state index in [4.69, 9.17) is 15.2 Å². The molecule has 0 amide bonds. The molecule has 1 aromatic carbocycles. The number of nitrogens with zero attached hydrogens (tertiary/aromatic N) is 3. The molecule has 1 aliphatic rings. The Morgan fingerprint density at radius 2 is 2.28 bits per heavy atom. The van der Waals surface area contributed by atoms with Gasteiger partial charge >= 0.3 is 0 Å². The van der Waals surface area contributed by atoms with E-state index >= 15 is 0 Å². The van der Waals surface area contributed by atoms with Gasteiger partial charge in [0.25, 0.3) is 0 Å². The molecule has 150 valence electrons. The summed E-state index contributed by atoms with van der Waals surface area (Å²) in [5.74, 6) is 3.16. The highest BCUT2D eigenvalue weighted by Crippen LogP contribution is 2.37.